The molecule has 0 bridgehead atoms. The van der Waals surface area contributed by atoms with Gasteiger partial charge in [-0.3, -0.25) is 11.3 Å². The molecule has 3 N–H and O–H groups in total. The standard InChI is InChI=1S/C16H18BrFN2O/c1-10-7-12(4-6-16(10)21-2)15(20-19)8-11-3-5-13(18)9-14(11)17/h3-7,9,15,20H,8,19H2,1-2H3. The van der Waals surface area contributed by atoms with Crippen LogP contribution in [0.25, 0.3) is 0 Å². The van der Waals surface area contributed by atoms with Crippen LogP contribution in [-0.2, 0) is 6.42 Å². The summed E-state index contributed by atoms with van der Waals surface area (Å²) in [5.74, 6) is 6.27. The Morgan fingerprint density at radius 2 is 2.05 bits per heavy atom. The monoisotopic (exact) mass is 352 g/mol. The van der Waals surface area contributed by atoms with E-state index >= 15 is 0 Å². The van der Waals surface area contributed by atoms with E-state index in [0.717, 1.165) is 26.9 Å². The van der Waals surface area contributed by atoms with E-state index in [1.54, 1.807) is 13.2 Å². The highest BCUT2D eigenvalue weighted by molar-refractivity contribution is 9.10. The van der Waals surface area contributed by atoms with Crippen molar-refractivity contribution in [3.63, 3.8) is 0 Å². The van der Waals surface area contributed by atoms with Crippen molar-refractivity contribution < 1.29 is 9.13 Å². The minimum atomic E-state index is -0.261. The van der Waals surface area contributed by atoms with Crippen molar-refractivity contribution in [2.24, 2.45) is 5.84 Å². The lowest BCUT2D eigenvalue weighted by atomic mass is 9.97. The van der Waals surface area contributed by atoms with Gasteiger partial charge in [-0.25, -0.2) is 4.39 Å². The van der Waals surface area contributed by atoms with Crippen LogP contribution in [0.15, 0.2) is 40.9 Å². The first-order valence-corrected chi connectivity index (χ1v) is 7.39. The molecule has 2 aromatic rings. The molecular weight excluding hydrogens is 335 g/mol. The zero-order valence-corrected chi connectivity index (χ0v) is 13.6. The zero-order chi connectivity index (χ0) is 15.4. The maximum Gasteiger partial charge on any atom is 0.124 e. The fourth-order valence-electron chi connectivity index (χ4n) is 2.30. The quantitative estimate of drug-likeness (QED) is 0.637. The van der Waals surface area contributed by atoms with Gasteiger partial charge in [-0.1, -0.05) is 34.1 Å². The van der Waals surface area contributed by atoms with Crippen molar-refractivity contribution >= 4 is 15.9 Å². The number of hydrazine groups is 1. The summed E-state index contributed by atoms with van der Waals surface area (Å²) in [5, 5.41) is 0. The summed E-state index contributed by atoms with van der Waals surface area (Å²) >= 11 is 3.39. The van der Waals surface area contributed by atoms with Gasteiger partial charge in [-0.15, -0.1) is 0 Å². The summed E-state index contributed by atoms with van der Waals surface area (Å²) in [7, 11) is 1.65. The first-order valence-electron chi connectivity index (χ1n) is 6.59. The van der Waals surface area contributed by atoms with E-state index in [0.29, 0.717) is 6.42 Å². The Morgan fingerprint density at radius 3 is 2.62 bits per heavy atom. The number of ether oxygens (including phenoxy) is 1. The highest BCUT2D eigenvalue weighted by atomic mass is 79.9. The molecule has 0 aliphatic heterocycles. The van der Waals surface area contributed by atoms with Crippen molar-refractivity contribution in [2.45, 2.75) is 19.4 Å². The lowest BCUT2D eigenvalue weighted by Crippen LogP contribution is -2.29. The lowest BCUT2D eigenvalue weighted by Gasteiger charge is -2.18. The van der Waals surface area contributed by atoms with Crippen molar-refractivity contribution in [2.75, 3.05) is 7.11 Å². The van der Waals surface area contributed by atoms with Crippen molar-refractivity contribution in [1.82, 2.24) is 5.43 Å². The number of nitrogens with one attached hydrogen (secondary N) is 1. The van der Waals surface area contributed by atoms with Crippen molar-refractivity contribution in [1.29, 1.82) is 0 Å². The number of aryl methyl sites for hydroxylation is 1. The fraction of sp³-hybridized carbons (Fsp3) is 0.250. The number of rotatable bonds is 5. The molecule has 1 unspecified atom stereocenters. The Labute approximate surface area is 132 Å². The van der Waals surface area contributed by atoms with Gasteiger partial charge in [0.15, 0.2) is 0 Å². The predicted molar refractivity (Wildman–Crippen MR) is 85.6 cm³/mol. The average Bonchev–Trinajstić information content (AvgIpc) is 2.46. The minimum absolute atomic E-state index is 0.0589. The first kappa shape index (κ1) is 15.9. The Morgan fingerprint density at radius 1 is 1.29 bits per heavy atom. The van der Waals surface area contributed by atoms with Crippen LogP contribution in [0.2, 0.25) is 0 Å². The third-order valence-corrected chi connectivity index (χ3v) is 4.20. The third kappa shape index (κ3) is 3.81. The maximum atomic E-state index is 13.1. The van der Waals surface area contributed by atoms with E-state index < -0.39 is 0 Å². The molecule has 112 valence electrons. The van der Waals surface area contributed by atoms with Crippen molar-refractivity contribution in [3.8, 4) is 5.75 Å². The molecule has 2 rings (SSSR count). The van der Waals surface area contributed by atoms with Crippen LogP contribution in [0.3, 0.4) is 0 Å². The molecule has 0 saturated heterocycles. The second-order valence-electron chi connectivity index (χ2n) is 4.89. The van der Waals surface area contributed by atoms with Gasteiger partial charge in [0.05, 0.1) is 13.2 Å². The van der Waals surface area contributed by atoms with Gasteiger partial charge >= 0.3 is 0 Å². The van der Waals surface area contributed by atoms with Crippen molar-refractivity contribution in [3.05, 3.63) is 63.4 Å². The molecule has 0 aromatic heterocycles. The smallest absolute Gasteiger partial charge is 0.124 e. The predicted octanol–water partition coefficient (Wildman–Crippen LogP) is 3.65. The average molecular weight is 353 g/mol. The number of benzene rings is 2. The van der Waals surface area contributed by atoms with Gasteiger partial charge in [0, 0.05) is 4.47 Å². The summed E-state index contributed by atoms with van der Waals surface area (Å²) in [6, 6.07) is 10.6. The second kappa shape index (κ2) is 7.02. The van der Waals surface area contributed by atoms with Gasteiger partial charge in [-0.05, 0) is 48.2 Å². The SMILES string of the molecule is COc1ccc(C(Cc2ccc(F)cc2Br)NN)cc1C. The van der Waals surface area contributed by atoms with E-state index in [2.05, 4.69) is 21.4 Å². The molecule has 2 aromatic carbocycles. The van der Waals surface area contributed by atoms with Gasteiger partial charge in [0.25, 0.3) is 0 Å². The van der Waals surface area contributed by atoms with E-state index in [9.17, 15) is 4.39 Å². The number of halogens is 2. The Balaban J connectivity index is 2.25. The number of nitrogens with two attached hydrogens (primary N) is 1. The van der Waals surface area contributed by atoms with Gasteiger partial charge in [0.2, 0.25) is 0 Å². The number of hydrogen-bond acceptors (Lipinski definition) is 3. The van der Waals surface area contributed by atoms with Crippen LogP contribution in [-0.4, -0.2) is 7.11 Å². The fourth-order valence-corrected chi connectivity index (χ4v) is 2.81. The van der Waals surface area contributed by atoms with Crippen LogP contribution in [0.4, 0.5) is 4.39 Å². The second-order valence-corrected chi connectivity index (χ2v) is 5.74. The Hall–Kier alpha value is -1.43. The van der Waals surface area contributed by atoms with Crippen LogP contribution < -0.4 is 16.0 Å². The highest BCUT2D eigenvalue weighted by Crippen LogP contribution is 2.27. The zero-order valence-electron chi connectivity index (χ0n) is 12.0. The topological polar surface area (TPSA) is 47.3 Å². The van der Waals surface area contributed by atoms with E-state index in [1.807, 2.05) is 25.1 Å². The normalized spacial score (nSPS) is 12.2. The molecule has 21 heavy (non-hydrogen) atoms. The van der Waals surface area contributed by atoms with E-state index in [1.165, 1.54) is 12.1 Å². The molecule has 0 radical (unpaired) electrons. The molecular formula is C16H18BrFN2O. The molecule has 1 atom stereocenters. The number of methoxy groups -OCH3 is 1. The number of hydrogen-bond donors (Lipinski definition) is 2. The van der Waals surface area contributed by atoms with Crippen LogP contribution in [0, 0.1) is 12.7 Å². The van der Waals surface area contributed by atoms with Gasteiger partial charge in [0.1, 0.15) is 11.6 Å². The van der Waals surface area contributed by atoms with Crippen LogP contribution >= 0.6 is 15.9 Å². The van der Waals surface area contributed by atoms with E-state index in [-0.39, 0.29) is 11.9 Å². The summed E-state index contributed by atoms with van der Waals surface area (Å²) in [5.41, 5.74) is 5.92. The van der Waals surface area contributed by atoms with Crippen LogP contribution in [0.5, 0.6) is 5.75 Å². The largest absolute Gasteiger partial charge is 0.496 e. The van der Waals surface area contributed by atoms with Crippen LogP contribution in [0.1, 0.15) is 22.7 Å². The van der Waals surface area contributed by atoms with Gasteiger partial charge < -0.3 is 4.74 Å². The minimum Gasteiger partial charge on any atom is -0.496 e. The molecule has 0 heterocycles. The Bertz CT molecular complexity index is 634. The summed E-state index contributed by atoms with van der Waals surface area (Å²) in [6.07, 6.45) is 0.656. The molecule has 0 amide bonds. The first-order chi connectivity index (χ1) is 10.0. The molecule has 0 saturated carbocycles. The maximum absolute atomic E-state index is 13.1. The molecule has 0 spiro atoms. The molecule has 0 fully saturated rings. The third-order valence-electron chi connectivity index (χ3n) is 3.46. The summed E-state index contributed by atoms with van der Waals surface area (Å²) < 4.78 is 19.1. The molecule has 0 aliphatic rings. The Kier molecular flexibility index (Phi) is 5.33. The molecule has 3 nitrogen and oxygen atoms in total. The highest BCUT2D eigenvalue weighted by Gasteiger charge is 2.14. The summed E-state index contributed by atoms with van der Waals surface area (Å²) in [4.78, 5) is 0. The van der Waals surface area contributed by atoms with Gasteiger partial charge in [-0.2, -0.15) is 0 Å². The lowest BCUT2D eigenvalue weighted by molar-refractivity contribution is 0.411. The van der Waals surface area contributed by atoms with E-state index in [4.69, 9.17) is 10.6 Å². The molecule has 0 aliphatic carbocycles. The summed E-state index contributed by atoms with van der Waals surface area (Å²) in [6.45, 7) is 1.99. The molecule has 5 heteroatoms.